The van der Waals surface area contributed by atoms with Gasteiger partial charge in [0.25, 0.3) is 0 Å². The number of aliphatic imine (C=N–C) groups is 1. The van der Waals surface area contributed by atoms with Crippen molar-refractivity contribution in [2.75, 3.05) is 13.6 Å². The van der Waals surface area contributed by atoms with Gasteiger partial charge in [-0.25, -0.2) is 4.79 Å². The lowest BCUT2D eigenvalue weighted by atomic mass is 10.1. The van der Waals surface area contributed by atoms with Gasteiger partial charge in [-0.15, -0.1) is 0 Å². The molecule has 0 radical (unpaired) electrons. The largest absolute Gasteiger partial charge is 0.457 e. The van der Waals surface area contributed by atoms with Crippen molar-refractivity contribution in [1.82, 2.24) is 10.6 Å². The number of carbonyl (C=O) groups excluding carboxylic acids is 1. The van der Waals surface area contributed by atoms with Crippen molar-refractivity contribution in [2.45, 2.75) is 26.0 Å². The van der Waals surface area contributed by atoms with E-state index in [0.29, 0.717) is 12.1 Å². The molecule has 1 aliphatic rings. The number of hydrogen-bond acceptors (Lipinski definition) is 3. The number of rotatable bonds is 7. The van der Waals surface area contributed by atoms with E-state index in [-0.39, 0.29) is 12.6 Å². The van der Waals surface area contributed by atoms with Crippen LogP contribution >= 0.6 is 0 Å². The summed E-state index contributed by atoms with van der Waals surface area (Å²) in [5, 5.41) is 6.60. The van der Waals surface area contributed by atoms with E-state index in [1.807, 2.05) is 48.5 Å². The fraction of sp³-hybridized carbons (Fsp3) is 0.333. The summed E-state index contributed by atoms with van der Waals surface area (Å²) in [6, 6.07) is 17.2. The Morgan fingerprint density at radius 3 is 2.58 bits per heavy atom. The molecule has 0 spiro atoms. The molecule has 0 atom stereocenters. The van der Waals surface area contributed by atoms with Crippen LogP contribution < -0.4 is 10.6 Å². The molecule has 0 aromatic heterocycles. The van der Waals surface area contributed by atoms with Crippen molar-refractivity contribution < 1.29 is 9.53 Å². The Hall–Kier alpha value is -2.82. The van der Waals surface area contributed by atoms with Crippen LogP contribution in [0, 0.1) is 5.92 Å². The Morgan fingerprint density at radius 1 is 1.08 bits per heavy atom. The topological polar surface area (TPSA) is 62.7 Å². The quantitative estimate of drug-likeness (QED) is 0.457. The van der Waals surface area contributed by atoms with Crippen molar-refractivity contribution in [2.24, 2.45) is 10.9 Å². The van der Waals surface area contributed by atoms with Gasteiger partial charge in [0.05, 0.1) is 5.56 Å². The third-order valence-electron chi connectivity index (χ3n) is 4.31. The van der Waals surface area contributed by atoms with Crippen molar-refractivity contribution in [1.29, 1.82) is 0 Å². The SMILES string of the molecule is CN=C(NCc1cccc(C(=O)OCc2ccccc2)c1)NCC1CC1. The molecule has 0 saturated heterocycles. The maximum atomic E-state index is 12.3. The summed E-state index contributed by atoms with van der Waals surface area (Å²) in [4.78, 5) is 16.5. The number of nitrogens with zero attached hydrogens (tertiary/aromatic N) is 1. The second-order valence-electron chi connectivity index (χ2n) is 6.51. The molecule has 26 heavy (non-hydrogen) atoms. The number of carbonyl (C=O) groups is 1. The lowest BCUT2D eigenvalue weighted by Gasteiger charge is -2.12. The van der Waals surface area contributed by atoms with Crippen molar-refractivity contribution >= 4 is 11.9 Å². The Morgan fingerprint density at radius 2 is 1.85 bits per heavy atom. The summed E-state index contributed by atoms with van der Waals surface area (Å²) >= 11 is 0. The first-order valence-corrected chi connectivity index (χ1v) is 8.99. The Labute approximate surface area is 154 Å². The number of ether oxygens (including phenoxy) is 1. The molecule has 1 aliphatic carbocycles. The zero-order valence-electron chi connectivity index (χ0n) is 15.1. The fourth-order valence-corrected chi connectivity index (χ4v) is 2.58. The van der Waals surface area contributed by atoms with Gasteiger partial charge in [0.15, 0.2) is 5.96 Å². The standard InChI is InChI=1S/C21H25N3O2/c1-22-21(23-13-16-10-11-16)24-14-18-8-5-9-19(12-18)20(25)26-15-17-6-3-2-4-7-17/h2-9,12,16H,10-11,13-15H2,1H3,(H2,22,23,24). The summed E-state index contributed by atoms with van der Waals surface area (Å²) in [6.45, 7) is 1.84. The first-order chi connectivity index (χ1) is 12.7. The molecule has 2 N–H and O–H groups in total. The zero-order valence-corrected chi connectivity index (χ0v) is 15.1. The average Bonchev–Trinajstić information content (AvgIpc) is 3.52. The number of esters is 1. The van der Waals surface area contributed by atoms with E-state index in [4.69, 9.17) is 4.74 Å². The number of guanidine groups is 1. The van der Waals surface area contributed by atoms with E-state index in [1.54, 1.807) is 13.1 Å². The van der Waals surface area contributed by atoms with E-state index in [1.165, 1.54) is 12.8 Å². The van der Waals surface area contributed by atoms with Crippen LogP contribution in [0.5, 0.6) is 0 Å². The molecule has 1 fully saturated rings. The normalized spacial score (nSPS) is 14.0. The van der Waals surface area contributed by atoms with E-state index in [2.05, 4.69) is 15.6 Å². The highest BCUT2D eigenvalue weighted by Crippen LogP contribution is 2.27. The van der Waals surface area contributed by atoms with Crippen LogP contribution in [0.15, 0.2) is 59.6 Å². The van der Waals surface area contributed by atoms with Crippen LogP contribution in [0.1, 0.15) is 34.3 Å². The predicted molar refractivity (Wildman–Crippen MR) is 103 cm³/mol. The molecule has 0 unspecified atom stereocenters. The molecule has 3 rings (SSSR count). The minimum absolute atomic E-state index is 0.278. The number of hydrogen-bond donors (Lipinski definition) is 2. The van der Waals surface area contributed by atoms with Gasteiger partial charge in [-0.3, -0.25) is 4.99 Å². The maximum absolute atomic E-state index is 12.3. The second kappa shape index (κ2) is 9.04. The Kier molecular flexibility index (Phi) is 6.25. The first-order valence-electron chi connectivity index (χ1n) is 8.99. The van der Waals surface area contributed by atoms with E-state index < -0.39 is 0 Å². The first kappa shape index (κ1) is 18.0. The molecule has 1 saturated carbocycles. The van der Waals surface area contributed by atoms with Crippen LogP contribution in [0.4, 0.5) is 0 Å². The van der Waals surface area contributed by atoms with Crippen LogP contribution in [-0.2, 0) is 17.9 Å². The summed E-state index contributed by atoms with van der Waals surface area (Å²) in [6.07, 6.45) is 2.61. The third kappa shape index (κ3) is 5.62. The van der Waals surface area contributed by atoms with Crippen LogP contribution in [0.3, 0.4) is 0 Å². The van der Waals surface area contributed by atoms with E-state index in [0.717, 1.165) is 29.5 Å². The predicted octanol–water partition coefficient (Wildman–Crippen LogP) is 3.12. The van der Waals surface area contributed by atoms with Gasteiger partial charge >= 0.3 is 5.97 Å². The third-order valence-corrected chi connectivity index (χ3v) is 4.31. The second-order valence-corrected chi connectivity index (χ2v) is 6.51. The van der Waals surface area contributed by atoms with Crippen molar-refractivity contribution in [3.8, 4) is 0 Å². The lowest BCUT2D eigenvalue weighted by molar-refractivity contribution is 0.0472. The molecular weight excluding hydrogens is 326 g/mol. The zero-order chi connectivity index (χ0) is 18.2. The Balaban J connectivity index is 1.50. The molecule has 0 aliphatic heterocycles. The molecule has 5 nitrogen and oxygen atoms in total. The summed E-state index contributed by atoms with van der Waals surface area (Å²) in [7, 11) is 1.76. The van der Waals surface area contributed by atoms with E-state index in [9.17, 15) is 4.79 Å². The molecule has 136 valence electrons. The highest BCUT2D eigenvalue weighted by Gasteiger charge is 2.21. The molecule has 0 bridgehead atoms. The smallest absolute Gasteiger partial charge is 0.338 e. The minimum atomic E-state index is -0.313. The highest BCUT2D eigenvalue weighted by molar-refractivity contribution is 5.89. The molecule has 2 aromatic rings. The van der Waals surface area contributed by atoms with Crippen molar-refractivity contribution in [3.63, 3.8) is 0 Å². The van der Waals surface area contributed by atoms with Gasteiger partial charge in [0.2, 0.25) is 0 Å². The molecule has 5 heteroatoms. The highest BCUT2D eigenvalue weighted by atomic mass is 16.5. The van der Waals surface area contributed by atoms with Crippen molar-refractivity contribution in [3.05, 3.63) is 71.3 Å². The van der Waals surface area contributed by atoms with Crippen LogP contribution in [0.2, 0.25) is 0 Å². The number of nitrogens with one attached hydrogen (secondary N) is 2. The molecular formula is C21H25N3O2. The fourth-order valence-electron chi connectivity index (χ4n) is 2.58. The van der Waals surface area contributed by atoms with Crippen LogP contribution in [-0.4, -0.2) is 25.5 Å². The van der Waals surface area contributed by atoms with Gasteiger partial charge in [0.1, 0.15) is 6.61 Å². The lowest BCUT2D eigenvalue weighted by Crippen LogP contribution is -2.37. The molecule has 2 aromatic carbocycles. The van der Waals surface area contributed by atoms with Crippen LogP contribution in [0.25, 0.3) is 0 Å². The summed E-state index contributed by atoms with van der Waals surface area (Å²) < 4.78 is 5.39. The monoisotopic (exact) mass is 351 g/mol. The van der Waals surface area contributed by atoms with Gasteiger partial charge in [-0.05, 0) is 42.0 Å². The molecule has 0 heterocycles. The maximum Gasteiger partial charge on any atom is 0.338 e. The molecule has 0 amide bonds. The number of benzene rings is 2. The summed E-state index contributed by atoms with van der Waals surface area (Å²) in [5.41, 5.74) is 2.54. The van der Waals surface area contributed by atoms with Gasteiger partial charge in [0, 0.05) is 20.1 Å². The van der Waals surface area contributed by atoms with Gasteiger partial charge in [-0.2, -0.15) is 0 Å². The van der Waals surface area contributed by atoms with E-state index >= 15 is 0 Å². The summed E-state index contributed by atoms with van der Waals surface area (Å²) in [5.74, 6) is 1.26. The van der Waals surface area contributed by atoms with Gasteiger partial charge in [-0.1, -0.05) is 42.5 Å². The van der Waals surface area contributed by atoms with Gasteiger partial charge < -0.3 is 15.4 Å². The average molecular weight is 351 g/mol. The Bertz CT molecular complexity index is 755. The minimum Gasteiger partial charge on any atom is -0.457 e.